The van der Waals surface area contributed by atoms with Gasteiger partial charge in [-0.15, -0.1) is 11.3 Å². The third kappa shape index (κ3) is 2.99. The molecule has 2 aromatic heterocycles. The lowest BCUT2D eigenvalue weighted by molar-refractivity contribution is 0.294. The summed E-state index contributed by atoms with van der Waals surface area (Å²) < 4.78 is 27.3. The molecule has 128 valence electrons. The van der Waals surface area contributed by atoms with Crippen LogP contribution in [0.5, 0.6) is 0 Å². The highest BCUT2D eigenvalue weighted by Gasteiger charge is 2.50. The topological polar surface area (TPSA) is 66.4 Å². The first-order valence-corrected chi connectivity index (χ1v) is 10.4. The number of aromatic nitrogens is 2. The highest BCUT2D eigenvalue weighted by Crippen LogP contribution is 2.35. The average molecular weight is 364 g/mol. The molecule has 2 fully saturated rings. The lowest BCUT2D eigenvalue weighted by Gasteiger charge is -2.20. The zero-order valence-corrected chi connectivity index (χ0v) is 15.1. The number of hydrogen-bond donors (Lipinski definition) is 0. The maximum absolute atomic E-state index is 12.8. The summed E-state index contributed by atoms with van der Waals surface area (Å²) in [5.41, 5.74) is 2.03. The van der Waals surface area contributed by atoms with E-state index in [4.69, 9.17) is 0 Å². The normalized spacial score (nSPS) is 26.7. The third-order valence-electron chi connectivity index (χ3n) is 4.80. The fourth-order valence-corrected chi connectivity index (χ4v) is 6.44. The number of aryl methyl sites for hydroxylation is 1. The summed E-state index contributed by atoms with van der Waals surface area (Å²) in [6.07, 6.45) is 3.56. The molecule has 2 aromatic rings. The maximum atomic E-state index is 12.8. The van der Waals surface area contributed by atoms with Gasteiger partial charge in [0.25, 0.3) is 0 Å². The van der Waals surface area contributed by atoms with Gasteiger partial charge in [-0.2, -0.15) is 4.31 Å². The first kappa shape index (κ1) is 16.1. The first-order valence-electron chi connectivity index (χ1n) is 8.03. The predicted molar refractivity (Wildman–Crippen MR) is 93.0 cm³/mol. The number of hydrogen-bond acceptors (Lipinski definition) is 6. The summed E-state index contributed by atoms with van der Waals surface area (Å²) in [6.45, 7) is 5.19. The molecule has 24 heavy (non-hydrogen) atoms. The maximum Gasteiger partial charge on any atom is 0.218 e. The van der Waals surface area contributed by atoms with Crippen LogP contribution in [-0.2, 0) is 23.1 Å². The molecule has 6 nitrogen and oxygen atoms in total. The Balaban J connectivity index is 1.44. The van der Waals surface area contributed by atoms with Crippen molar-refractivity contribution >= 4 is 21.4 Å². The number of fused-ring (bicyclic) bond motifs is 1. The SMILES string of the molecule is Cc1nc(CN2C[C@@H]3CN(Cc4ccncc4)C[C@H]3S2(=O)=O)cs1. The Labute approximate surface area is 146 Å². The number of nitrogens with zero attached hydrogens (tertiary/aromatic N) is 4. The summed E-state index contributed by atoms with van der Waals surface area (Å²) >= 11 is 1.56. The fourth-order valence-electron chi connectivity index (χ4n) is 3.69. The van der Waals surface area contributed by atoms with Crippen molar-refractivity contribution in [3.8, 4) is 0 Å². The molecule has 0 aromatic carbocycles. The van der Waals surface area contributed by atoms with Crippen LogP contribution >= 0.6 is 11.3 Å². The van der Waals surface area contributed by atoms with Crippen LogP contribution in [0.4, 0.5) is 0 Å². The van der Waals surface area contributed by atoms with Crippen molar-refractivity contribution in [2.75, 3.05) is 19.6 Å². The summed E-state index contributed by atoms with van der Waals surface area (Å²) in [6, 6.07) is 3.97. The molecule has 0 unspecified atom stereocenters. The van der Waals surface area contributed by atoms with Crippen LogP contribution in [-0.4, -0.2) is 52.5 Å². The standard InChI is InChI=1S/C16H20N4O2S2/c1-12-18-15(11-23-12)9-20-8-14-7-19(10-16(14)24(20,21)22)6-13-2-4-17-5-3-13/h2-5,11,14,16H,6-10H2,1H3/t14-,16+/m0/s1. The van der Waals surface area contributed by atoms with Crippen LogP contribution in [0.25, 0.3) is 0 Å². The van der Waals surface area contributed by atoms with Gasteiger partial charge >= 0.3 is 0 Å². The van der Waals surface area contributed by atoms with E-state index in [1.54, 1.807) is 28.0 Å². The van der Waals surface area contributed by atoms with Gasteiger partial charge in [0, 0.05) is 49.9 Å². The van der Waals surface area contributed by atoms with E-state index in [2.05, 4.69) is 14.9 Å². The van der Waals surface area contributed by atoms with Crippen molar-refractivity contribution in [1.82, 2.24) is 19.2 Å². The van der Waals surface area contributed by atoms with Crippen LogP contribution in [0.1, 0.15) is 16.3 Å². The molecular formula is C16H20N4O2S2. The van der Waals surface area contributed by atoms with Crippen LogP contribution < -0.4 is 0 Å². The molecular weight excluding hydrogens is 344 g/mol. The van der Waals surface area contributed by atoms with Crippen LogP contribution in [0.15, 0.2) is 29.9 Å². The second-order valence-corrected chi connectivity index (χ2v) is 9.76. The monoisotopic (exact) mass is 364 g/mol. The molecule has 2 aliphatic heterocycles. The number of sulfonamides is 1. The minimum Gasteiger partial charge on any atom is -0.297 e. The van der Waals surface area contributed by atoms with Crippen molar-refractivity contribution in [1.29, 1.82) is 0 Å². The van der Waals surface area contributed by atoms with Crippen molar-refractivity contribution < 1.29 is 8.42 Å². The van der Waals surface area contributed by atoms with E-state index < -0.39 is 10.0 Å². The highest BCUT2D eigenvalue weighted by atomic mass is 32.2. The fraction of sp³-hybridized carbons (Fsp3) is 0.500. The Morgan fingerprint density at radius 3 is 2.67 bits per heavy atom. The smallest absolute Gasteiger partial charge is 0.218 e. The molecule has 4 rings (SSSR count). The lowest BCUT2D eigenvalue weighted by Crippen LogP contribution is -2.34. The van der Waals surface area contributed by atoms with Gasteiger partial charge in [0.05, 0.1) is 22.5 Å². The summed E-state index contributed by atoms with van der Waals surface area (Å²) in [4.78, 5) is 10.7. The lowest BCUT2D eigenvalue weighted by atomic mass is 10.1. The van der Waals surface area contributed by atoms with Gasteiger partial charge in [-0.1, -0.05) is 0 Å². The second-order valence-electron chi connectivity index (χ2n) is 6.54. The van der Waals surface area contributed by atoms with Crippen LogP contribution in [0.3, 0.4) is 0 Å². The minimum atomic E-state index is -3.23. The second kappa shape index (κ2) is 6.18. The molecule has 8 heteroatoms. The largest absolute Gasteiger partial charge is 0.297 e. The Bertz CT molecular complexity index is 822. The van der Waals surface area contributed by atoms with Gasteiger partial charge in [-0.3, -0.25) is 9.88 Å². The van der Waals surface area contributed by atoms with Gasteiger partial charge in [0.2, 0.25) is 10.0 Å². The summed E-state index contributed by atoms with van der Waals surface area (Å²) in [7, 11) is -3.23. The van der Waals surface area contributed by atoms with E-state index in [1.165, 1.54) is 5.56 Å². The van der Waals surface area contributed by atoms with Crippen molar-refractivity contribution in [3.05, 3.63) is 46.2 Å². The Kier molecular flexibility index (Phi) is 4.16. The molecule has 0 N–H and O–H groups in total. The molecule has 4 heterocycles. The van der Waals surface area contributed by atoms with Crippen LogP contribution in [0.2, 0.25) is 0 Å². The number of rotatable bonds is 4. The average Bonchev–Trinajstić information content (AvgIpc) is 3.19. The van der Waals surface area contributed by atoms with E-state index in [1.807, 2.05) is 24.4 Å². The number of likely N-dealkylation sites (tertiary alicyclic amines) is 1. The Hall–Kier alpha value is -1.35. The molecule has 0 saturated carbocycles. The zero-order valence-electron chi connectivity index (χ0n) is 13.5. The Morgan fingerprint density at radius 2 is 2.00 bits per heavy atom. The van der Waals surface area contributed by atoms with Crippen molar-refractivity contribution in [3.63, 3.8) is 0 Å². The predicted octanol–water partition coefficient (Wildman–Crippen LogP) is 1.49. The van der Waals surface area contributed by atoms with Crippen LogP contribution in [0, 0.1) is 12.8 Å². The summed E-state index contributed by atoms with van der Waals surface area (Å²) in [5.74, 6) is 0.191. The van der Waals surface area contributed by atoms with E-state index >= 15 is 0 Å². The van der Waals surface area contributed by atoms with Crippen molar-refractivity contribution in [2.24, 2.45) is 5.92 Å². The van der Waals surface area contributed by atoms with E-state index in [9.17, 15) is 8.42 Å². The molecule has 2 atom stereocenters. The number of pyridine rings is 1. The van der Waals surface area contributed by atoms with Gasteiger partial charge in [-0.05, 0) is 24.6 Å². The molecule has 0 amide bonds. The van der Waals surface area contributed by atoms with E-state index in [0.717, 1.165) is 23.8 Å². The third-order valence-corrected chi connectivity index (χ3v) is 7.92. The van der Waals surface area contributed by atoms with E-state index in [0.29, 0.717) is 19.6 Å². The molecule has 0 bridgehead atoms. The Morgan fingerprint density at radius 1 is 1.21 bits per heavy atom. The quantitative estimate of drug-likeness (QED) is 0.822. The molecule has 2 aliphatic rings. The molecule has 0 radical (unpaired) electrons. The minimum absolute atomic E-state index is 0.191. The van der Waals surface area contributed by atoms with E-state index in [-0.39, 0.29) is 11.2 Å². The highest BCUT2D eigenvalue weighted by molar-refractivity contribution is 7.90. The first-order chi connectivity index (χ1) is 11.5. The van der Waals surface area contributed by atoms with Gasteiger partial charge in [0.15, 0.2) is 0 Å². The molecule has 0 spiro atoms. The van der Waals surface area contributed by atoms with Gasteiger partial charge < -0.3 is 0 Å². The van der Waals surface area contributed by atoms with Crippen molar-refractivity contribution in [2.45, 2.75) is 25.3 Å². The molecule has 0 aliphatic carbocycles. The zero-order chi connectivity index (χ0) is 16.7. The number of thiazole rings is 1. The molecule has 2 saturated heterocycles. The van der Waals surface area contributed by atoms with Gasteiger partial charge in [0.1, 0.15) is 0 Å². The van der Waals surface area contributed by atoms with Gasteiger partial charge in [-0.25, -0.2) is 13.4 Å². The summed E-state index contributed by atoms with van der Waals surface area (Å²) in [5, 5.41) is 2.65.